The van der Waals surface area contributed by atoms with Crippen LogP contribution < -0.4 is 5.32 Å². The van der Waals surface area contributed by atoms with E-state index in [0.29, 0.717) is 18.2 Å². The average molecular weight is 308 g/mol. The molecular formula is C14H14ClN3OS. The van der Waals surface area contributed by atoms with Crippen LogP contribution in [-0.2, 0) is 11.3 Å². The largest absolute Gasteiger partial charge is 0.353 e. The number of pyridine rings is 1. The lowest BCUT2D eigenvalue weighted by atomic mass is 10.1. The van der Waals surface area contributed by atoms with Crippen molar-refractivity contribution in [1.82, 2.24) is 15.2 Å². The van der Waals surface area contributed by atoms with Gasteiger partial charge in [-0.1, -0.05) is 23.7 Å². The molecule has 1 N–H and O–H groups in total. The van der Waals surface area contributed by atoms with Gasteiger partial charge in [0.2, 0.25) is 5.91 Å². The Morgan fingerprint density at radius 2 is 2.35 bits per heavy atom. The van der Waals surface area contributed by atoms with Gasteiger partial charge >= 0.3 is 0 Å². The minimum Gasteiger partial charge on any atom is -0.353 e. The molecule has 1 atom stereocenters. The quantitative estimate of drug-likeness (QED) is 0.886. The first-order valence-corrected chi connectivity index (χ1v) is 7.65. The molecule has 0 bridgehead atoms. The Bertz CT molecular complexity index is 585. The fourth-order valence-corrected chi connectivity index (χ4v) is 3.34. The molecule has 3 rings (SSSR count). The summed E-state index contributed by atoms with van der Waals surface area (Å²) in [7, 11) is 0. The van der Waals surface area contributed by atoms with Crippen molar-refractivity contribution < 1.29 is 4.79 Å². The summed E-state index contributed by atoms with van der Waals surface area (Å²) < 4.78 is 0. The molecule has 1 aliphatic heterocycles. The Kier molecular flexibility index (Phi) is 4.00. The number of rotatable bonds is 3. The second-order valence-corrected chi connectivity index (χ2v) is 6.04. The molecular weight excluding hydrogens is 294 g/mol. The van der Waals surface area contributed by atoms with E-state index in [1.165, 1.54) is 0 Å². The first-order chi connectivity index (χ1) is 9.74. The van der Waals surface area contributed by atoms with Gasteiger partial charge in [-0.2, -0.15) is 0 Å². The van der Waals surface area contributed by atoms with Gasteiger partial charge < -0.3 is 5.32 Å². The predicted molar refractivity (Wildman–Crippen MR) is 79.7 cm³/mol. The number of hydrogen-bond donors (Lipinski definition) is 1. The van der Waals surface area contributed by atoms with Crippen molar-refractivity contribution in [3.05, 3.63) is 51.4 Å². The van der Waals surface area contributed by atoms with Gasteiger partial charge in [-0.05, 0) is 23.1 Å². The van der Waals surface area contributed by atoms with Gasteiger partial charge in [0.05, 0.1) is 0 Å². The van der Waals surface area contributed by atoms with Crippen LogP contribution in [0.3, 0.4) is 0 Å². The lowest BCUT2D eigenvalue weighted by molar-refractivity contribution is -0.129. The van der Waals surface area contributed by atoms with Crippen LogP contribution in [0, 0.1) is 0 Å². The molecule has 0 unspecified atom stereocenters. The van der Waals surface area contributed by atoms with Crippen LogP contribution in [0.1, 0.15) is 16.5 Å². The molecule has 1 aliphatic rings. The minimum absolute atomic E-state index is 0.0700. The van der Waals surface area contributed by atoms with E-state index in [-0.39, 0.29) is 11.9 Å². The molecule has 1 fully saturated rings. The second-order valence-electron chi connectivity index (χ2n) is 4.67. The maximum Gasteiger partial charge on any atom is 0.242 e. The topological polar surface area (TPSA) is 45.2 Å². The van der Waals surface area contributed by atoms with Crippen LogP contribution in [0.15, 0.2) is 35.8 Å². The zero-order valence-corrected chi connectivity index (χ0v) is 12.3. The fourth-order valence-electron chi connectivity index (χ4n) is 2.38. The minimum atomic E-state index is -0.209. The van der Waals surface area contributed by atoms with Gasteiger partial charge in [-0.3, -0.25) is 9.69 Å². The van der Waals surface area contributed by atoms with Crippen LogP contribution in [0.4, 0.5) is 0 Å². The molecule has 20 heavy (non-hydrogen) atoms. The number of nitrogens with zero attached hydrogens (tertiary/aromatic N) is 2. The molecule has 6 heteroatoms. The molecule has 1 amide bonds. The van der Waals surface area contributed by atoms with Crippen molar-refractivity contribution in [3.63, 3.8) is 0 Å². The number of aromatic nitrogens is 1. The predicted octanol–water partition coefficient (Wildman–Crippen LogP) is 2.47. The van der Waals surface area contributed by atoms with Crippen LogP contribution in [-0.4, -0.2) is 28.9 Å². The highest BCUT2D eigenvalue weighted by Crippen LogP contribution is 2.28. The SMILES string of the molecule is O=C1NCCN(Cc2ccc(Cl)nc2)[C@@H]1c1cccs1. The lowest BCUT2D eigenvalue weighted by Gasteiger charge is -2.34. The Balaban J connectivity index is 1.82. The molecule has 3 heterocycles. The van der Waals surface area contributed by atoms with E-state index < -0.39 is 0 Å². The summed E-state index contributed by atoms with van der Waals surface area (Å²) in [6, 6.07) is 7.51. The fraction of sp³-hybridized carbons (Fsp3) is 0.286. The van der Waals surface area contributed by atoms with Gasteiger partial charge in [0.15, 0.2) is 0 Å². The maximum atomic E-state index is 12.2. The molecule has 4 nitrogen and oxygen atoms in total. The Morgan fingerprint density at radius 3 is 3.05 bits per heavy atom. The average Bonchev–Trinajstić information content (AvgIpc) is 2.95. The molecule has 0 radical (unpaired) electrons. The van der Waals surface area contributed by atoms with E-state index in [4.69, 9.17) is 11.6 Å². The number of thiophene rings is 1. The van der Waals surface area contributed by atoms with Crippen molar-refractivity contribution in [2.45, 2.75) is 12.6 Å². The Labute approximate surface area is 126 Å². The van der Waals surface area contributed by atoms with E-state index >= 15 is 0 Å². The van der Waals surface area contributed by atoms with Crippen molar-refractivity contribution in [2.24, 2.45) is 0 Å². The molecule has 2 aromatic heterocycles. The normalized spacial score (nSPS) is 19.9. The highest BCUT2D eigenvalue weighted by Gasteiger charge is 2.31. The van der Waals surface area contributed by atoms with Crippen LogP contribution in [0.5, 0.6) is 0 Å². The van der Waals surface area contributed by atoms with Crippen LogP contribution in [0.2, 0.25) is 5.15 Å². The number of carbonyl (C=O) groups excluding carboxylic acids is 1. The molecule has 2 aromatic rings. The number of carbonyl (C=O) groups is 1. The van der Waals surface area contributed by atoms with Gasteiger partial charge in [0.25, 0.3) is 0 Å². The summed E-state index contributed by atoms with van der Waals surface area (Å²) in [4.78, 5) is 19.5. The van der Waals surface area contributed by atoms with E-state index in [2.05, 4.69) is 15.2 Å². The third kappa shape index (κ3) is 2.85. The van der Waals surface area contributed by atoms with E-state index in [1.54, 1.807) is 23.6 Å². The van der Waals surface area contributed by atoms with Crippen molar-refractivity contribution in [2.75, 3.05) is 13.1 Å². The highest BCUT2D eigenvalue weighted by atomic mass is 35.5. The smallest absolute Gasteiger partial charge is 0.242 e. The number of halogens is 1. The third-order valence-corrected chi connectivity index (χ3v) is 4.45. The summed E-state index contributed by atoms with van der Waals surface area (Å²) in [5.41, 5.74) is 1.06. The summed E-state index contributed by atoms with van der Waals surface area (Å²) in [5.74, 6) is 0.0700. The summed E-state index contributed by atoms with van der Waals surface area (Å²) in [5, 5.41) is 5.42. The second kappa shape index (κ2) is 5.91. The molecule has 0 spiro atoms. The van der Waals surface area contributed by atoms with E-state index in [1.807, 2.05) is 23.6 Å². The number of nitrogens with one attached hydrogen (secondary N) is 1. The first kappa shape index (κ1) is 13.5. The number of amides is 1. The molecule has 0 aromatic carbocycles. The molecule has 1 saturated heterocycles. The Morgan fingerprint density at radius 1 is 1.45 bits per heavy atom. The van der Waals surface area contributed by atoms with Crippen LogP contribution >= 0.6 is 22.9 Å². The molecule has 0 saturated carbocycles. The van der Waals surface area contributed by atoms with Gasteiger partial charge in [0.1, 0.15) is 11.2 Å². The zero-order valence-electron chi connectivity index (χ0n) is 10.8. The molecule has 104 valence electrons. The summed E-state index contributed by atoms with van der Waals surface area (Å²) in [6.07, 6.45) is 1.76. The number of piperazine rings is 1. The third-order valence-electron chi connectivity index (χ3n) is 3.30. The van der Waals surface area contributed by atoms with Crippen molar-refractivity contribution >= 4 is 28.8 Å². The van der Waals surface area contributed by atoms with E-state index in [0.717, 1.165) is 17.0 Å². The van der Waals surface area contributed by atoms with Crippen LogP contribution in [0.25, 0.3) is 0 Å². The monoisotopic (exact) mass is 307 g/mol. The maximum absolute atomic E-state index is 12.2. The first-order valence-electron chi connectivity index (χ1n) is 6.39. The zero-order chi connectivity index (χ0) is 13.9. The Hall–Kier alpha value is -1.43. The van der Waals surface area contributed by atoms with E-state index in [9.17, 15) is 4.79 Å². The summed E-state index contributed by atoms with van der Waals surface area (Å²) in [6.45, 7) is 2.21. The lowest BCUT2D eigenvalue weighted by Crippen LogP contribution is -2.49. The summed E-state index contributed by atoms with van der Waals surface area (Å²) >= 11 is 7.41. The van der Waals surface area contributed by atoms with Gasteiger partial charge in [-0.15, -0.1) is 11.3 Å². The number of hydrogen-bond acceptors (Lipinski definition) is 4. The van der Waals surface area contributed by atoms with Crippen molar-refractivity contribution in [3.8, 4) is 0 Å². The van der Waals surface area contributed by atoms with Gasteiger partial charge in [-0.25, -0.2) is 4.98 Å². The highest BCUT2D eigenvalue weighted by molar-refractivity contribution is 7.10. The van der Waals surface area contributed by atoms with Gasteiger partial charge in [0, 0.05) is 30.7 Å². The standard InChI is InChI=1S/C14H14ClN3OS/c15-12-4-3-10(8-17-12)9-18-6-5-16-14(19)13(18)11-2-1-7-20-11/h1-4,7-8,13H,5-6,9H2,(H,16,19)/t13-/m1/s1. The van der Waals surface area contributed by atoms with Crippen molar-refractivity contribution in [1.29, 1.82) is 0 Å². The molecule has 0 aliphatic carbocycles.